The van der Waals surface area contributed by atoms with Crippen LogP contribution in [0.2, 0.25) is 0 Å². The number of aryl methyl sites for hydroxylation is 1. The van der Waals surface area contributed by atoms with E-state index in [-0.39, 0.29) is 16.5 Å². The van der Waals surface area contributed by atoms with Gasteiger partial charge in [0, 0.05) is 42.2 Å². The molecular weight excluding hydrogens is 240 g/mol. The summed E-state index contributed by atoms with van der Waals surface area (Å²) in [6.07, 6.45) is 4.12. The quantitative estimate of drug-likeness (QED) is 0.618. The normalized spacial score (nSPS) is 12.3. The maximum absolute atomic E-state index is 11.1. The van der Waals surface area contributed by atoms with Crippen LogP contribution >= 0.6 is 0 Å². The first kappa shape index (κ1) is 13.3. The SMILES string of the molecule is CC(C)C/C(=C/c1cn(C)c2ccccc12)[N+](=O)[O-]. The van der Waals surface area contributed by atoms with Crippen molar-refractivity contribution in [3.8, 4) is 0 Å². The van der Waals surface area contributed by atoms with Crippen LogP contribution < -0.4 is 0 Å². The third-order valence-corrected chi connectivity index (χ3v) is 3.10. The van der Waals surface area contributed by atoms with Gasteiger partial charge in [-0.1, -0.05) is 32.0 Å². The number of nitro groups is 1. The molecule has 0 N–H and O–H groups in total. The Balaban J connectivity index is 2.51. The number of hydrogen-bond donors (Lipinski definition) is 0. The zero-order valence-electron chi connectivity index (χ0n) is 11.5. The smallest absolute Gasteiger partial charge is 0.247 e. The number of hydrogen-bond acceptors (Lipinski definition) is 2. The summed E-state index contributed by atoms with van der Waals surface area (Å²) < 4.78 is 1.99. The van der Waals surface area contributed by atoms with E-state index in [0.717, 1.165) is 16.5 Å². The van der Waals surface area contributed by atoms with Gasteiger partial charge in [0.25, 0.3) is 0 Å². The molecule has 4 nitrogen and oxygen atoms in total. The van der Waals surface area contributed by atoms with Gasteiger partial charge in [-0.2, -0.15) is 0 Å². The maximum atomic E-state index is 11.1. The lowest BCUT2D eigenvalue weighted by Gasteiger charge is -2.01. The van der Waals surface area contributed by atoms with E-state index < -0.39 is 0 Å². The van der Waals surface area contributed by atoms with Crippen molar-refractivity contribution in [2.24, 2.45) is 13.0 Å². The van der Waals surface area contributed by atoms with Crippen molar-refractivity contribution in [1.29, 1.82) is 0 Å². The molecule has 0 bridgehead atoms. The molecule has 0 aliphatic rings. The Morgan fingerprint density at radius 2 is 2.11 bits per heavy atom. The summed E-state index contributed by atoms with van der Waals surface area (Å²) in [5.74, 6) is 0.270. The summed E-state index contributed by atoms with van der Waals surface area (Å²) in [6, 6.07) is 7.93. The molecule has 0 amide bonds. The number of aromatic nitrogens is 1. The fraction of sp³-hybridized carbons (Fsp3) is 0.333. The molecule has 1 heterocycles. The second-order valence-corrected chi connectivity index (χ2v) is 5.20. The van der Waals surface area contributed by atoms with Crippen LogP contribution in [0.25, 0.3) is 17.0 Å². The molecule has 1 aromatic heterocycles. The Bertz CT molecular complexity index is 639. The van der Waals surface area contributed by atoms with Crippen LogP contribution in [0, 0.1) is 16.0 Å². The first-order valence-corrected chi connectivity index (χ1v) is 6.38. The summed E-state index contributed by atoms with van der Waals surface area (Å²) >= 11 is 0. The Morgan fingerprint density at radius 3 is 2.74 bits per heavy atom. The molecule has 0 radical (unpaired) electrons. The van der Waals surface area contributed by atoms with E-state index in [4.69, 9.17) is 0 Å². The highest BCUT2D eigenvalue weighted by Crippen LogP contribution is 2.24. The predicted molar refractivity (Wildman–Crippen MR) is 77.3 cm³/mol. The molecule has 0 aliphatic carbocycles. The largest absolute Gasteiger partial charge is 0.350 e. The van der Waals surface area contributed by atoms with E-state index in [1.54, 1.807) is 6.08 Å². The van der Waals surface area contributed by atoms with Crippen molar-refractivity contribution < 1.29 is 4.92 Å². The van der Waals surface area contributed by atoms with Crippen LogP contribution in [0.1, 0.15) is 25.8 Å². The Hall–Kier alpha value is -2.10. The molecule has 100 valence electrons. The fourth-order valence-electron chi connectivity index (χ4n) is 2.27. The van der Waals surface area contributed by atoms with E-state index in [2.05, 4.69) is 0 Å². The molecule has 0 unspecified atom stereocenters. The molecule has 0 spiro atoms. The predicted octanol–water partition coefficient (Wildman–Crippen LogP) is 3.84. The van der Waals surface area contributed by atoms with Crippen molar-refractivity contribution in [2.45, 2.75) is 20.3 Å². The summed E-state index contributed by atoms with van der Waals surface area (Å²) in [6.45, 7) is 3.97. The van der Waals surface area contributed by atoms with Gasteiger partial charge in [-0.25, -0.2) is 0 Å². The molecule has 0 fully saturated rings. The van der Waals surface area contributed by atoms with Gasteiger partial charge in [-0.3, -0.25) is 10.1 Å². The maximum Gasteiger partial charge on any atom is 0.247 e. The van der Waals surface area contributed by atoms with Gasteiger partial charge in [-0.05, 0) is 12.0 Å². The first-order chi connectivity index (χ1) is 8.99. The second kappa shape index (κ2) is 5.26. The number of rotatable bonds is 4. The van der Waals surface area contributed by atoms with Gasteiger partial charge in [-0.15, -0.1) is 0 Å². The van der Waals surface area contributed by atoms with Gasteiger partial charge in [0.05, 0.1) is 4.92 Å². The number of allylic oxidation sites excluding steroid dienone is 1. The highest BCUT2D eigenvalue weighted by atomic mass is 16.6. The van der Waals surface area contributed by atoms with Crippen molar-refractivity contribution in [3.05, 3.63) is 51.8 Å². The van der Waals surface area contributed by atoms with E-state index in [9.17, 15) is 10.1 Å². The zero-order chi connectivity index (χ0) is 14.0. The van der Waals surface area contributed by atoms with Crippen LogP contribution in [0.3, 0.4) is 0 Å². The third kappa shape index (κ3) is 2.84. The molecule has 19 heavy (non-hydrogen) atoms. The molecule has 1 aromatic carbocycles. The molecule has 2 rings (SSSR count). The Morgan fingerprint density at radius 1 is 1.42 bits per heavy atom. The van der Waals surface area contributed by atoms with Crippen LogP contribution in [0.5, 0.6) is 0 Å². The lowest BCUT2D eigenvalue weighted by atomic mass is 10.1. The highest BCUT2D eigenvalue weighted by molar-refractivity contribution is 5.89. The monoisotopic (exact) mass is 258 g/mol. The third-order valence-electron chi connectivity index (χ3n) is 3.10. The van der Waals surface area contributed by atoms with E-state index in [0.29, 0.717) is 6.42 Å². The highest BCUT2D eigenvalue weighted by Gasteiger charge is 2.14. The van der Waals surface area contributed by atoms with Crippen molar-refractivity contribution in [2.75, 3.05) is 0 Å². The number of fused-ring (bicyclic) bond motifs is 1. The number of nitrogens with zero attached hydrogens (tertiary/aromatic N) is 2. The second-order valence-electron chi connectivity index (χ2n) is 5.20. The van der Waals surface area contributed by atoms with E-state index in [1.807, 2.05) is 55.9 Å². The molecule has 0 aliphatic heterocycles. The Labute approximate surface area is 112 Å². The molecule has 0 atom stereocenters. The lowest BCUT2D eigenvalue weighted by molar-refractivity contribution is -0.427. The van der Waals surface area contributed by atoms with Crippen molar-refractivity contribution in [1.82, 2.24) is 4.57 Å². The number of benzene rings is 1. The lowest BCUT2D eigenvalue weighted by Crippen LogP contribution is -2.02. The minimum atomic E-state index is -0.276. The summed E-state index contributed by atoms with van der Waals surface area (Å²) in [5, 5.41) is 12.2. The zero-order valence-corrected chi connectivity index (χ0v) is 11.5. The van der Waals surface area contributed by atoms with Gasteiger partial charge < -0.3 is 4.57 Å². The van der Waals surface area contributed by atoms with Crippen molar-refractivity contribution >= 4 is 17.0 Å². The minimum Gasteiger partial charge on any atom is -0.350 e. The van der Waals surface area contributed by atoms with Gasteiger partial charge in [0.1, 0.15) is 0 Å². The average Bonchev–Trinajstić information content (AvgIpc) is 2.66. The number of para-hydroxylation sites is 1. The minimum absolute atomic E-state index is 0.270. The van der Waals surface area contributed by atoms with Crippen LogP contribution in [-0.4, -0.2) is 9.49 Å². The van der Waals surface area contributed by atoms with Gasteiger partial charge in [0.15, 0.2) is 0 Å². The molecule has 0 saturated heterocycles. The average molecular weight is 258 g/mol. The summed E-state index contributed by atoms with van der Waals surface area (Å²) in [7, 11) is 1.95. The molecule has 2 aromatic rings. The van der Waals surface area contributed by atoms with Gasteiger partial charge >= 0.3 is 0 Å². The topological polar surface area (TPSA) is 48.1 Å². The van der Waals surface area contributed by atoms with Crippen LogP contribution in [0.15, 0.2) is 36.2 Å². The van der Waals surface area contributed by atoms with Crippen molar-refractivity contribution in [3.63, 3.8) is 0 Å². The summed E-state index contributed by atoms with van der Waals surface area (Å²) in [5.41, 5.74) is 2.26. The fourth-order valence-corrected chi connectivity index (χ4v) is 2.27. The van der Waals surface area contributed by atoms with Gasteiger partial charge in [0.2, 0.25) is 5.70 Å². The van der Waals surface area contributed by atoms with Crippen LogP contribution in [0.4, 0.5) is 0 Å². The first-order valence-electron chi connectivity index (χ1n) is 6.38. The van der Waals surface area contributed by atoms with Crippen LogP contribution in [-0.2, 0) is 7.05 Å². The van der Waals surface area contributed by atoms with E-state index in [1.165, 1.54) is 0 Å². The standard InChI is InChI=1S/C15H18N2O2/c1-11(2)8-13(17(18)19)9-12-10-16(3)15-7-5-4-6-14(12)15/h4-7,9-11H,8H2,1-3H3/b13-9-. The molecule has 4 heteroatoms. The molecular formula is C15H18N2O2. The molecule has 0 saturated carbocycles. The summed E-state index contributed by atoms with van der Waals surface area (Å²) in [4.78, 5) is 10.8. The Kier molecular flexibility index (Phi) is 3.69. The van der Waals surface area contributed by atoms with E-state index >= 15 is 0 Å².